The van der Waals surface area contributed by atoms with Crippen LogP contribution in [-0.4, -0.2) is 15.8 Å². The Morgan fingerprint density at radius 3 is 2.23 bits per heavy atom. The second-order valence-corrected chi connectivity index (χ2v) is 5.47. The van der Waals surface area contributed by atoms with Crippen molar-refractivity contribution in [1.29, 1.82) is 0 Å². The van der Waals surface area contributed by atoms with E-state index in [0.717, 1.165) is 11.1 Å². The molecule has 1 aliphatic rings. The molecule has 2 aromatic carbocycles. The molecule has 0 unspecified atom stereocenters. The average Bonchev–Trinajstić information content (AvgIpc) is 2.81. The summed E-state index contributed by atoms with van der Waals surface area (Å²) in [5.41, 5.74) is 9.70. The van der Waals surface area contributed by atoms with Gasteiger partial charge in [-0.1, -0.05) is 48.0 Å². The first-order valence-corrected chi connectivity index (χ1v) is 7.10. The Kier molecular flexibility index (Phi) is 2.74. The fraction of sp³-hybridized carbons (Fsp3) is 0. The molecule has 0 saturated heterocycles. The minimum atomic E-state index is -0.0736. The number of benzene rings is 2. The fourth-order valence-electron chi connectivity index (χ4n) is 2.73. The van der Waals surface area contributed by atoms with Crippen LogP contribution in [0.5, 0.6) is 0 Å². The van der Waals surface area contributed by atoms with E-state index in [1.165, 1.54) is 0 Å². The van der Waals surface area contributed by atoms with Gasteiger partial charge in [0.05, 0.1) is 17.0 Å². The Labute approximate surface area is 131 Å². The zero-order valence-corrected chi connectivity index (χ0v) is 12.1. The van der Waals surface area contributed by atoms with E-state index in [-0.39, 0.29) is 11.7 Å². The third kappa shape index (κ3) is 1.81. The lowest BCUT2D eigenvalue weighted by Crippen LogP contribution is -2.05. The van der Waals surface area contributed by atoms with Crippen LogP contribution in [0.3, 0.4) is 0 Å². The summed E-state index contributed by atoms with van der Waals surface area (Å²) in [4.78, 5) is 21.3. The minimum absolute atomic E-state index is 0.0736. The summed E-state index contributed by atoms with van der Waals surface area (Å²) < 4.78 is 0. The Morgan fingerprint density at radius 2 is 1.50 bits per heavy atom. The number of halogens is 1. The van der Waals surface area contributed by atoms with Crippen molar-refractivity contribution in [3.05, 3.63) is 64.7 Å². The van der Waals surface area contributed by atoms with E-state index in [4.69, 9.17) is 17.3 Å². The zero-order valence-electron chi connectivity index (χ0n) is 11.4. The predicted molar refractivity (Wildman–Crippen MR) is 85.8 cm³/mol. The number of anilines is 1. The van der Waals surface area contributed by atoms with Crippen LogP contribution in [-0.2, 0) is 0 Å². The van der Waals surface area contributed by atoms with E-state index in [0.29, 0.717) is 27.5 Å². The lowest BCUT2D eigenvalue weighted by molar-refractivity contribution is 0.104. The van der Waals surface area contributed by atoms with Crippen LogP contribution in [0.25, 0.3) is 22.5 Å². The molecular formula is C17H10ClN3O. The first-order chi connectivity index (χ1) is 10.6. The number of nitrogens with two attached hydrogens (primary N) is 1. The molecule has 1 aliphatic carbocycles. The maximum Gasteiger partial charge on any atom is 0.221 e. The molecule has 0 radical (unpaired) electrons. The largest absolute Gasteiger partial charge is 0.368 e. The third-order valence-electron chi connectivity index (χ3n) is 3.70. The normalized spacial score (nSPS) is 12.1. The van der Waals surface area contributed by atoms with Crippen LogP contribution in [0.15, 0.2) is 48.5 Å². The molecule has 0 bridgehead atoms. The second kappa shape index (κ2) is 4.64. The van der Waals surface area contributed by atoms with Crippen molar-refractivity contribution < 1.29 is 4.79 Å². The number of hydrogen-bond acceptors (Lipinski definition) is 4. The summed E-state index contributed by atoms with van der Waals surface area (Å²) in [6, 6.07) is 14.5. The van der Waals surface area contributed by atoms with Gasteiger partial charge < -0.3 is 5.73 Å². The zero-order chi connectivity index (χ0) is 15.3. The van der Waals surface area contributed by atoms with Gasteiger partial charge in [0.15, 0.2) is 5.78 Å². The Morgan fingerprint density at radius 1 is 0.864 bits per heavy atom. The van der Waals surface area contributed by atoms with E-state index < -0.39 is 0 Å². The SMILES string of the molecule is Nc1nc(-c2ccc(Cl)cc2)c2c(n1)-c1ccccc1C2=O. The Bertz CT molecular complexity index is 920. The fourth-order valence-corrected chi connectivity index (χ4v) is 2.85. The number of carbonyl (C=O) groups is 1. The minimum Gasteiger partial charge on any atom is -0.368 e. The highest BCUT2D eigenvalue weighted by atomic mass is 35.5. The van der Waals surface area contributed by atoms with Crippen LogP contribution in [0.4, 0.5) is 5.95 Å². The van der Waals surface area contributed by atoms with Gasteiger partial charge >= 0.3 is 0 Å². The van der Waals surface area contributed by atoms with Gasteiger partial charge in [-0.3, -0.25) is 4.79 Å². The first kappa shape index (κ1) is 13.0. The maximum absolute atomic E-state index is 12.7. The van der Waals surface area contributed by atoms with Gasteiger partial charge in [-0.05, 0) is 12.1 Å². The molecule has 2 N–H and O–H groups in total. The highest BCUT2D eigenvalue weighted by Gasteiger charge is 2.32. The molecule has 4 nitrogen and oxygen atoms in total. The number of ketones is 1. The molecule has 1 heterocycles. The van der Waals surface area contributed by atoms with Gasteiger partial charge in [-0.2, -0.15) is 0 Å². The van der Waals surface area contributed by atoms with Gasteiger partial charge in [0, 0.05) is 21.7 Å². The van der Waals surface area contributed by atoms with Crippen molar-refractivity contribution in [3.8, 4) is 22.5 Å². The number of hydrogen-bond donors (Lipinski definition) is 1. The van der Waals surface area contributed by atoms with Gasteiger partial charge in [-0.25, -0.2) is 9.97 Å². The predicted octanol–water partition coefficient (Wildman–Crippen LogP) is 3.59. The van der Waals surface area contributed by atoms with E-state index in [9.17, 15) is 4.79 Å². The molecule has 106 valence electrons. The summed E-state index contributed by atoms with van der Waals surface area (Å²) in [7, 11) is 0. The van der Waals surface area contributed by atoms with Crippen LogP contribution >= 0.6 is 11.6 Å². The van der Waals surface area contributed by atoms with Gasteiger partial charge in [-0.15, -0.1) is 0 Å². The summed E-state index contributed by atoms with van der Waals surface area (Å²) in [5, 5.41) is 0.622. The molecule has 0 atom stereocenters. The first-order valence-electron chi connectivity index (χ1n) is 6.72. The smallest absolute Gasteiger partial charge is 0.221 e. The van der Waals surface area contributed by atoms with E-state index in [2.05, 4.69) is 9.97 Å². The molecule has 3 aromatic rings. The maximum atomic E-state index is 12.7. The van der Waals surface area contributed by atoms with E-state index in [1.54, 1.807) is 18.2 Å². The quantitative estimate of drug-likeness (QED) is 0.583. The molecule has 0 aliphatic heterocycles. The monoisotopic (exact) mass is 307 g/mol. The van der Waals surface area contributed by atoms with Gasteiger partial charge in [0.2, 0.25) is 5.95 Å². The van der Waals surface area contributed by atoms with Crippen molar-refractivity contribution in [2.75, 3.05) is 5.73 Å². The number of nitrogen functional groups attached to an aromatic ring is 1. The summed E-state index contributed by atoms with van der Waals surface area (Å²) in [6.45, 7) is 0. The summed E-state index contributed by atoms with van der Waals surface area (Å²) in [6.07, 6.45) is 0. The molecule has 0 amide bonds. The van der Waals surface area contributed by atoms with Crippen molar-refractivity contribution in [3.63, 3.8) is 0 Å². The van der Waals surface area contributed by atoms with E-state index >= 15 is 0 Å². The van der Waals surface area contributed by atoms with Crippen LogP contribution in [0.1, 0.15) is 15.9 Å². The number of fused-ring (bicyclic) bond motifs is 3. The van der Waals surface area contributed by atoms with E-state index in [1.807, 2.05) is 30.3 Å². The number of rotatable bonds is 1. The molecule has 0 spiro atoms. The van der Waals surface area contributed by atoms with Crippen molar-refractivity contribution >= 4 is 23.3 Å². The lowest BCUT2D eigenvalue weighted by atomic mass is 10.0. The molecule has 0 saturated carbocycles. The van der Waals surface area contributed by atoms with Crippen LogP contribution in [0.2, 0.25) is 5.02 Å². The van der Waals surface area contributed by atoms with Crippen molar-refractivity contribution in [2.24, 2.45) is 0 Å². The standard InChI is InChI=1S/C17H10ClN3O/c18-10-7-5-9(6-8-10)14-13-15(21-17(19)20-14)11-3-1-2-4-12(11)16(13)22/h1-8H,(H2,19,20,21). The number of carbonyl (C=O) groups excluding carboxylic acids is 1. The Hall–Kier alpha value is -2.72. The molecule has 0 fully saturated rings. The molecule has 4 rings (SSSR count). The van der Waals surface area contributed by atoms with Gasteiger partial charge in [0.25, 0.3) is 0 Å². The third-order valence-corrected chi connectivity index (χ3v) is 3.95. The number of aromatic nitrogens is 2. The van der Waals surface area contributed by atoms with Crippen LogP contribution in [0, 0.1) is 0 Å². The highest BCUT2D eigenvalue weighted by molar-refractivity contribution is 6.30. The second-order valence-electron chi connectivity index (χ2n) is 5.04. The summed E-state index contributed by atoms with van der Waals surface area (Å²) >= 11 is 5.92. The topological polar surface area (TPSA) is 68.9 Å². The highest BCUT2D eigenvalue weighted by Crippen LogP contribution is 2.39. The van der Waals surface area contributed by atoms with Crippen molar-refractivity contribution in [1.82, 2.24) is 9.97 Å². The summed E-state index contributed by atoms with van der Waals surface area (Å²) in [5.74, 6) is 0.0729. The Balaban J connectivity index is 2.03. The average molecular weight is 308 g/mol. The molecular weight excluding hydrogens is 298 g/mol. The molecule has 5 heteroatoms. The number of nitrogens with zero attached hydrogens (tertiary/aromatic N) is 2. The lowest BCUT2D eigenvalue weighted by Gasteiger charge is -2.07. The van der Waals surface area contributed by atoms with Crippen LogP contribution < -0.4 is 5.73 Å². The molecule has 22 heavy (non-hydrogen) atoms. The van der Waals surface area contributed by atoms with Gasteiger partial charge in [0.1, 0.15) is 0 Å². The molecule has 1 aromatic heterocycles. The van der Waals surface area contributed by atoms with Crippen molar-refractivity contribution in [2.45, 2.75) is 0 Å².